The highest BCUT2D eigenvalue weighted by Gasteiger charge is 2.44. The van der Waals surface area contributed by atoms with Crippen molar-refractivity contribution in [2.45, 2.75) is 39.6 Å². The summed E-state index contributed by atoms with van der Waals surface area (Å²) >= 11 is 0. The van der Waals surface area contributed by atoms with E-state index in [1.165, 1.54) is 13.3 Å². The van der Waals surface area contributed by atoms with Crippen LogP contribution in [0.15, 0.2) is 55.1 Å². The molecule has 1 unspecified atom stereocenters. The third-order valence-corrected chi connectivity index (χ3v) is 5.53. The zero-order valence-corrected chi connectivity index (χ0v) is 18.0. The van der Waals surface area contributed by atoms with Gasteiger partial charge in [-0.2, -0.15) is 5.10 Å². The predicted octanol–water partition coefficient (Wildman–Crippen LogP) is 4.15. The molecule has 0 bridgehead atoms. The number of carbonyl (C=O) groups excluding carboxylic acids is 1. The van der Waals surface area contributed by atoms with Gasteiger partial charge < -0.3 is 14.2 Å². The lowest BCUT2D eigenvalue weighted by molar-refractivity contribution is -0.242. The lowest BCUT2D eigenvalue weighted by Crippen LogP contribution is -2.49. The van der Waals surface area contributed by atoms with Crippen LogP contribution < -0.4 is 0 Å². The van der Waals surface area contributed by atoms with E-state index in [4.69, 9.17) is 14.2 Å². The molecule has 7 heteroatoms. The van der Waals surface area contributed by atoms with Crippen molar-refractivity contribution in [3.63, 3.8) is 0 Å². The van der Waals surface area contributed by atoms with Gasteiger partial charge in [0.05, 0.1) is 24.3 Å². The van der Waals surface area contributed by atoms with Gasteiger partial charge in [-0.25, -0.2) is 9.67 Å². The van der Waals surface area contributed by atoms with Crippen molar-refractivity contribution in [3.8, 4) is 0 Å². The van der Waals surface area contributed by atoms with Crippen LogP contribution in [-0.2, 0) is 19.0 Å². The number of nitrogens with zero attached hydrogens (tertiary/aromatic N) is 3. The van der Waals surface area contributed by atoms with Crippen LogP contribution in [0.1, 0.15) is 32.8 Å². The fourth-order valence-electron chi connectivity index (χ4n) is 3.91. The molecule has 0 N–H and O–H groups in total. The number of aromatic nitrogens is 3. The van der Waals surface area contributed by atoms with Gasteiger partial charge in [0.25, 0.3) is 0 Å². The van der Waals surface area contributed by atoms with Crippen molar-refractivity contribution >= 4 is 28.5 Å². The molecular weight excluding hydrogens is 394 g/mol. The molecule has 1 fully saturated rings. The number of hydrogen-bond acceptors (Lipinski definition) is 6. The molecule has 1 aliphatic heterocycles. The minimum absolute atomic E-state index is 0.247. The van der Waals surface area contributed by atoms with Crippen LogP contribution in [0, 0.1) is 5.41 Å². The number of fused-ring (bicyclic) bond motifs is 1. The fraction of sp³-hybridized carbons (Fsp3) is 0.375. The molecule has 1 saturated heterocycles. The Morgan fingerprint density at radius 2 is 2.00 bits per heavy atom. The van der Waals surface area contributed by atoms with Crippen molar-refractivity contribution in [2.24, 2.45) is 5.41 Å². The molecule has 0 aliphatic carbocycles. The Morgan fingerprint density at radius 3 is 2.68 bits per heavy atom. The minimum Gasteiger partial charge on any atom is -0.455 e. The van der Waals surface area contributed by atoms with Gasteiger partial charge in [0.2, 0.25) is 0 Å². The Bertz CT molecular complexity index is 1060. The molecule has 3 aromatic rings. The summed E-state index contributed by atoms with van der Waals surface area (Å²) < 4.78 is 19.3. The average Bonchev–Trinajstić information content (AvgIpc) is 3.31. The van der Waals surface area contributed by atoms with Crippen LogP contribution in [0.2, 0.25) is 0 Å². The quantitative estimate of drug-likeness (QED) is 0.557. The largest absolute Gasteiger partial charge is 0.455 e. The van der Waals surface area contributed by atoms with Crippen molar-refractivity contribution in [3.05, 3.63) is 60.7 Å². The Kier molecular flexibility index (Phi) is 6.15. The molecule has 31 heavy (non-hydrogen) atoms. The van der Waals surface area contributed by atoms with E-state index in [1.807, 2.05) is 44.2 Å². The molecule has 2 heterocycles. The highest BCUT2D eigenvalue weighted by atomic mass is 16.7. The van der Waals surface area contributed by atoms with E-state index < -0.39 is 11.5 Å². The Labute approximate surface area is 181 Å². The van der Waals surface area contributed by atoms with Crippen LogP contribution in [0.3, 0.4) is 0 Å². The summed E-state index contributed by atoms with van der Waals surface area (Å²) in [4.78, 5) is 16.2. The van der Waals surface area contributed by atoms with Crippen LogP contribution in [0.25, 0.3) is 22.5 Å². The lowest BCUT2D eigenvalue weighted by atomic mass is 9.82. The average molecular weight is 421 g/mol. The summed E-state index contributed by atoms with van der Waals surface area (Å²) in [5.74, 6) is -0.382. The molecule has 162 valence electrons. The van der Waals surface area contributed by atoms with Gasteiger partial charge >= 0.3 is 5.97 Å². The highest BCUT2D eigenvalue weighted by Crippen LogP contribution is 2.37. The summed E-state index contributed by atoms with van der Waals surface area (Å²) in [5, 5.41) is 6.56. The maximum absolute atomic E-state index is 12.1. The first kappa shape index (κ1) is 21.2. The summed E-state index contributed by atoms with van der Waals surface area (Å²) in [6.07, 6.45) is 4.94. The second kappa shape index (κ2) is 8.99. The third kappa shape index (κ3) is 4.52. The van der Waals surface area contributed by atoms with Crippen LogP contribution >= 0.6 is 0 Å². The molecule has 0 amide bonds. The van der Waals surface area contributed by atoms with Gasteiger partial charge in [-0.3, -0.25) is 4.79 Å². The smallest absolute Gasteiger partial charge is 0.303 e. The van der Waals surface area contributed by atoms with E-state index >= 15 is 0 Å². The molecule has 0 radical (unpaired) electrons. The van der Waals surface area contributed by atoms with Crippen molar-refractivity contribution in [1.82, 2.24) is 14.8 Å². The molecule has 0 saturated carbocycles. The summed E-state index contributed by atoms with van der Waals surface area (Å²) in [6.45, 7) is 6.21. The molecule has 0 spiro atoms. The number of hydrogen-bond donors (Lipinski definition) is 0. The lowest BCUT2D eigenvalue weighted by Gasteiger charge is -2.42. The second-order valence-electron chi connectivity index (χ2n) is 8.08. The SMILES string of the molecule is CCC1OCC(C)(C(OC(C)=O)/C(=C/c2cccc3ccccc23)n2cncn2)CO1. The first-order valence-corrected chi connectivity index (χ1v) is 10.4. The maximum atomic E-state index is 12.1. The van der Waals surface area contributed by atoms with Crippen LogP contribution in [0.4, 0.5) is 0 Å². The molecule has 2 aromatic carbocycles. The second-order valence-corrected chi connectivity index (χ2v) is 8.08. The van der Waals surface area contributed by atoms with Gasteiger partial charge in [-0.05, 0) is 28.8 Å². The van der Waals surface area contributed by atoms with E-state index in [9.17, 15) is 4.79 Å². The van der Waals surface area contributed by atoms with Crippen LogP contribution in [0.5, 0.6) is 0 Å². The third-order valence-electron chi connectivity index (χ3n) is 5.53. The van der Waals surface area contributed by atoms with Gasteiger partial charge in [0, 0.05) is 6.92 Å². The number of rotatable bonds is 6. The highest BCUT2D eigenvalue weighted by molar-refractivity contribution is 5.93. The van der Waals surface area contributed by atoms with Crippen molar-refractivity contribution in [2.75, 3.05) is 13.2 Å². The molecule has 4 rings (SSSR count). The Hall–Kier alpha value is -3.03. The summed E-state index contributed by atoms with van der Waals surface area (Å²) in [7, 11) is 0. The predicted molar refractivity (Wildman–Crippen MR) is 118 cm³/mol. The monoisotopic (exact) mass is 421 g/mol. The maximum Gasteiger partial charge on any atom is 0.303 e. The Morgan fingerprint density at radius 1 is 1.26 bits per heavy atom. The Balaban J connectivity index is 1.83. The summed E-state index contributed by atoms with van der Waals surface area (Å²) in [6, 6.07) is 14.3. The van der Waals surface area contributed by atoms with E-state index in [1.54, 1.807) is 11.0 Å². The van der Waals surface area contributed by atoms with E-state index in [-0.39, 0.29) is 12.3 Å². The van der Waals surface area contributed by atoms with Crippen LogP contribution in [-0.4, -0.2) is 46.3 Å². The zero-order chi connectivity index (χ0) is 21.8. The molecule has 1 aromatic heterocycles. The molecule has 1 atom stereocenters. The van der Waals surface area contributed by atoms with Crippen molar-refractivity contribution < 1.29 is 19.0 Å². The number of esters is 1. The van der Waals surface area contributed by atoms with Gasteiger partial charge in [0.15, 0.2) is 12.4 Å². The van der Waals surface area contributed by atoms with Gasteiger partial charge in [-0.1, -0.05) is 56.3 Å². The van der Waals surface area contributed by atoms with E-state index in [0.717, 1.165) is 22.8 Å². The molecule has 7 nitrogen and oxygen atoms in total. The standard InChI is InChI=1S/C24H27N3O4/c1-4-22-29-13-24(3,14-30-22)23(31-17(2)28)21(27-16-25-15-26-27)12-19-10-7-9-18-8-5-6-11-20(18)19/h5-12,15-16,22-23H,4,13-14H2,1-3H3/b21-12-. The summed E-state index contributed by atoms with van der Waals surface area (Å²) in [5.41, 5.74) is 1.09. The number of ether oxygens (including phenoxy) is 3. The molecule has 1 aliphatic rings. The topological polar surface area (TPSA) is 75.5 Å². The molecular formula is C24H27N3O4. The van der Waals surface area contributed by atoms with E-state index in [2.05, 4.69) is 28.3 Å². The fourth-order valence-corrected chi connectivity index (χ4v) is 3.91. The van der Waals surface area contributed by atoms with Gasteiger partial charge in [-0.15, -0.1) is 0 Å². The van der Waals surface area contributed by atoms with E-state index in [0.29, 0.717) is 18.9 Å². The van der Waals surface area contributed by atoms with Gasteiger partial charge in [0.1, 0.15) is 12.7 Å². The normalized spacial score (nSPS) is 22.9. The van der Waals surface area contributed by atoms with Crippen molar-refractivity contribution in [1.29, 1.82) is 0 Å². The first-order chi connectivity index (χ1) is 15.0. The minimum atomic E-state index is -0.650. The zero-order valence-electron chi connectivity index (χ0n) is 18.0. The number of benzene rings is 2. The first-order valence-electron chi connectivity index (χ1n) is 10.4. The number of carbonyl (C=O) groups is 1.